The highest BCUT2D eigenvalue weighted by Crippen LogP contribution is 2.40. The summed E-state index contributed by atoms with van der Waals surface area (Å²) in [6, 6.07) is 5.24. The molecule has 0 radical (unpaired) electrons. The molecule has 0 amide bonds. The van der Waals surface area contributed by atoms with Crippen LogP contribution in [0.1, 0.15) is 51.1 Å². The Balaban J connectivity index is 2.43. The Kier molecular flexibility index (Phi) is 4.94. The van der Waals surface area contributed by atoms with Crippen molar-refractivity contribution in [3.05, 3.63) is 28.2 Å². The molecule has 1 aromatic carbocycles. The first-order valence-corrected chi connectivity index (χ1v) is 8.18. The van der Waals surface area contributed by atoms with Gasteiger partial charge in [0, 0.05) is 16.1 Å². The van der Waals surface area contributed by atoms with E-state index in [0.29, 0.717) is 6.42 Å². The second-order valence-electron chi connectivity index (χ2n) is 5.86. The van der Waals surface area contributed by atoms with Crippen LogP contribution >= 0.6 is 15.9 Å². The summed E-state index contributed by atoms with van der Waals surface area (Å²) in [7, 11) is 0. The normalized spacial score (nSPS) is 24.7. The summed E-state index contributed by atoms with van der Waals surface area (Å²) in [5, 5.41) is 19.9. The monoisotopic (exact) mass is 355 g/mol. The van der Waals surface area contributed by atoms with Gasteiger partial charge in [0.25, 0.3) is 0 Å². The van der Waals surface area contributed by atoms with E-state index in [2.05, 4.69) is 15.9 Å². The van der Waals surface area contributed by atoms with Gasteiger partial charge in [-0.3, -0.25) is 9.69 Å². The number of hydrogen-bond acceptors (Lipinski definition) is 3. The number of aliphatic carboxylic acids is 1. The van der Waals surface area contributed by atoms with Gasteiger partial charge >= 0.3 is 5.97 Å². The topological polar surface area (TPSA) is 60.8 Å². The van der Waals surface area contributed by atoms with Crippen molar-refractivity contribution >= 4 is 21.9 Å². The molecule has 1 saturated heterocycles. The van der Waals surface area contributed by atoms with Crippen LogP contribution in [0.3, 0.4) is 0 Å². The molecule has 2 N–H and O–H groups in total. The largest absolute Gasteiger partial charge is 0.508 e. The molecule has 4 nitrogen and oxygen atoms in total. The van der Waals surface area contributed by atoms with E-state index in [1.54, 1.807) is 19.1 Å². The van der Waals surface area contributed by atoms with Gasteiger partial charge in [-0.15, -0.1) is 0 Å². The fraction of sp³-hybridized carbons (Fsp3) is 0.562. The van der Waals surface area contributed by atoms with Crippen LogP contribution in [-0.4, -0.2) is 33.2 Å². The van der Waals surface area contributed by atoms with Gasteiger partial charge < -0.3 is 10.2 Å². The summed E-state index contributed by atoms with van der Waals surface area (Å²) in [4.78, 5) is 13.8. The summed E-state index contributed by atoms with van der Waals surface area (Å²) in [6.45, 7) is 4.57. The van der Waals surface area contributed by atoms with Crippen LogP contribution in [0.15, 0.2) is 22.7 Å². The number of phenols is 1. The van der Waals surface area contributed by atoms with Gasteiger partial charge in [-0.1, -0.05) is 22.9 Å². The molecule has 2 rings (SSSR count). The van der Waals surface area contributed by atoms with E-state index in [9.17, 15) is 15.0 Å². The van der Waals surface area contributed by atoms with Gasteiger partial charge in [0.05, 0.1) is 0 Å². The Labute approximate surface area is 133 Å². The first-order valence-electron chi connectivity index (χ1n) is 7.38. The van der Waals surface area contributed by atoms with Crippen molar-refractivity contribution in [3.63, 3.8) is 0 Å². The lowest BCUT2D eigenvalue weighted by atomic mass is 9.85. The first-order chi connectivity index (χ1) is 9.90. The van der Waals surface area contributed by atoms with E-state index in [0.717, 1.165) is 35.8 Å². The van der Waals surface area contributed by atoms with Crippen molar-refractivity contribution in [2.75, 3.05) is 6.54 Å². The van der Waals surface area contributed by atoms with Crippen LogP contribution in [0.5, 0.6) is 5.75 Å². The van der Waals surface area contributed by atoms with Crippen LogP contribution in [0.4, 0.5) is 0 Å². The second kappa shape index (κ2) is 6.36. The number of carboxylic acid groups (broad SMARTS) is 1. The Morgan fingerprint density at radius 1 is 1.48 bits per heavy atom. The second-order valence-corrected chi connectivity index (χ2v) is 6.77. The van der Waals surface area contributed by atoms with Gasteiger partial charge in [-0.25, -0.2) is 0 Å². The molecule has 116 valence electrons. The molecule has 0 spiro atoms. The average molecular weight is 356 g/mol. The zero-order valence-electron chi connectivity index (χ0n) is 12.5. The predicted molar refractivity (Wildman–Crippen MR) is 85.4 cm³/mol. The fourth-order valence-electron chi connectivity index (χ4n) is 3.27. The van der Waals surface area contributed by atoms with E-state index in [1.807, 2.05) is 17.9 Å². The van der Waals surface area contributed by atoms with Crippen molar-refractivity contribution in [2.24, 2.45) is 0 Å². The molecule has 1 heterocycles. The number of carboxylic acids is 1. The first kappa shape index (κ1) is 16.3. The number of benzene rings is 1. The molecule has 0 aromatic heterocycles. The number of piperidine rings is 1. The number of carbonyl (C=O) groups is 1. The quantitative estimate of drug-likeness (QED) is 0.858. The Morgan fingerprint density at radius 2 is 2.19 bits per heavy atom. The minimum atomic E-state index is -0.867. The minimum absolute atomic E-state index is 0.0936. The van der Waals surface area contributed by atoms with Crippen LogP contribution in [0.2, 0.25) is 0 Å². The lowest BCUT2D eigenvalue weighted by Crippen LogP contribution is -2.56. The number of nitrogens with zero attached hydrogens (tertiary/aromatic N) is 1. The van der Waals surface area contributed by atoms with Crippen molar-refractivity contribution in [1.82, 2.24) is 4.90 Å². The molecule has 1 fully saturated rings. The van der Waals surface area contributed by atoms with E-state index in [4.69, 9.17) is 0 Å². The molecular formula is C16H22BrNO3. The number of halogens is 1. The number of rotatable bonds is 4. The Hall–Kier alpha value is -1.07. The summed E-state index contributed by atoms with van der Waals surface area (Å²) >= 11 is 3.43. The molecule has 1 aliphatic rings. The number of aromatic hydroxyl groups is 1. The zero-order chi connectivity index (χ0) is 15.6. The maximum Gasteiger partial charge on any atom is 0.323 e. The lowest BCUT2D eigenvalue weighted by molar-refractivity contribution is -0.155. The molecule has 0 bridgehead atoms. The molecule has 2 atom stereocenters. The molecule has 1 aromatic rings. The van der Waals surface area contributed by atoms with E-state index >= 15 is 0 Å². The SMILES string of the molecule is CCC(c1cc(Br)ccc1O)N1CCCCC1(C)C(=O)O. The third kappa shape index (κ3) is 3.09. The Bertz CT molecular complexity index is 534. The van der Waals surface area contributed by atoms with Gasteiger partial charge in [-0.05, 0) is 57.4 Å². The highest BCUT2D eigenvalue weighted by atomic mass is 79.9. The summed E-state index contributed by atoms with van der Waals surface area (Å²) in [5.41, 5.74) is -0.0746. The van der Waals surface area contributed by atoms with Gasteiger partial charge in [0.2, 0.25) is 0 Å². The van der Waals surface area contributed by atoms with E-state index in [1.165, 1.54) is 0 Å². The fourth-order valence-corrected chi connectivity index (χ4v) is 3.65. The standard InChI is InChI=1S/C16H22BrNO3/c1-3-13(12-10-11(17)6-7-14(12)19)18-9-5-4-8-16(18,2)15(20)21/h6-7,10,13,19H,3-5,8-9H2,1-2H3,(H,20,21). The van der Waals surface area contributed by atoms with Crippen molar-refractivity contribution in [1.29, 1.82) is 0 Å². The molecule has 21 heavy (non-hydrogen) atoms. The predicted octanol–water partition coefficient (Wildman–Crippen LogP) is 3.94. The third-order valence-corrected chi connectivity index (χ3v) is 5.01. The van der Waals surface area contributed by atoms with Gasteiger partial charge in [0.1, 0.15) is 11.3 Å². The maximum absolute atomic E-state index is 11.8. The molecule has 5 heteroatoms. The molecular weight excluding hydrogens is 334 g/mol. The summed E-state index contributed by atoms with van der Waals surface area (Å²) in [5.74, 6) is -0.557. The highest BCUT2D eigenvalue weighted by Gasteiger charge is 2.44. The van der Waals surface area contributed by atoms with Gasteiger partial charge in [-0.2, -0.15) is 0 Å². The molecule has 2 unspecified atom stereocenters. The number of hydrogen-bond donors (Lipinski definition) is 2. The van der Waals surface area contributed by atoms with Crippen molar-refractivity contribution in [2.45, 2.75) is 51.1 Å². The van der Waals surface area contributed by atoms with E-state index in [-0.39, 0.29) is 11.8 Å². The number of phenolic OH excluding ortho intramolecular Hbond substituents is 1. The van der Waals surface area contributed by atoms with Crippen LogP contribution in [-0.2, 0) is 4.79 Å². The van der Waals surface area contributed by atoms with Crippen LogP contribution in [0.25, 0.3) is 0 Å². The average Bonchev–Trinajstić information content (AvgIpc) is 2.45. The smallest absolute Gasteiger partial charge is 0.323 e. The maximum atomic E-state index is 11.8. The summed E-state index contributed by atoms with van der Waals surface area (Å²) in [6.07, 6.45) is 3.33. The Morgan fingerprint density at radius 3 is 2.81 bits per heavy atom. The zero-order valence-corrected chi connectivity index (χ0v) is 14.1. The summed E-state index contributed by atoms with van der Waals surface area (Å²) < 4.78 is 0.891. The highest BCUT2D eigenvalue weighted by molar-refractivity contribution is 9.10. The van der Waals surface area contributed by atoms with Crippen LogP contribution < -0.4 is 0 Å². The number of likely N-dealkylation sites (tertiary alicyclic amines) is 1. The third-order valence-electron chi connectivity index (χ3n) is 4.52. The molecule has 0 aliphatic carbocycles. The van der Waals surface area contributed by atoms with E-state index < -0.39 is 11.5 Å². The van der Waals surface area contributed by atoms with Gasteiger partial charge in [0.15, 0.2) is 0 Å². The lowest BCUT2D eigenvalue weighted by Gasteiger charge is -2.46. The molecule has 1 aliphatic heterocycles. The molecule has 0 saturated carbocycles. The van der Waals surface area contributed by atoms with Crippen LogP contribution in [0, 0.1) is 0 Å². The van der Waals surface area contributed by atoms with Crippen molar-refractivity contribution in [3.8, 4) is 5.75 Å². The van der Waals surface area contributed by atoms with Crippen molar-refractivity contribution < 1.29 is 15.0 Å². The minimum Gasteiger partial charge on any atom is -0.508 e.